The molecule has 32 heavy (non-hydrogen) atoms. The highest BCUT2D eigenvalue weighted by Gasteiger charge is 2.49. The third kappa shape index (κ3) is 4.42. The van der Waals surface area contributed by atoms with Crippen molar-refractivity contribution in [3.05, 3.63) is 71.3 Å². The molecule has 0 aliphatic carbocycles. The minimum atomic E-state index is -1.21. The predicted octanol–water partition coefficient (Wildman–Crippen LogP) is 3.99. The summed E-state index contributed by atoms with van der Waals surface area (Å²) in [5, 5.41) is 3.10. The van der Waals surface area contributed by atoms with Crippen LogP contribution in [0.1, 0.15) is 55.8 Å². The van der Waals surface area contributed by atoms with Crippen molar-refractivity contribution in [1.29, 1.82) is 0 Å². The van der Waals surface area contributed by atoms with Gasteiger partial charge in [0.1, 0.15) is 12.2 Å². The van der Waals surface area contributed by atoms with E-state index >= 15 is 0 Å². The van der Waals surface area contributed by atoms with Crippen LogP contribution < -0.4 is 5.32 Å². The Bertz CT molecular complexity index is 957. The quantitative estimate of drug-likeness (QED) is 0.742. The standard InChI is InChI=1S/C26H31FN2O3/c1-17(2)18-9-11-20(12-10-18)23(19-7-5-4-6-8-19)28-24(30)22-13-21(27)14-29(22)25(31)26(3)15-32-16-26/h4-12,17,21-23H,13-16H2,1-3H3,(H,28,30). The van der Waals surface area contributed by atoms with Gasteiger partial charge in [-0.05, 0) is 29.5 Å². The first-order valence-electron chi connectivity index (χ1n) is 11.3. The van der Waals surface area contributed by atoms with Gasteiger partial charge in [0, 0.05) is 6.42 Å². The zero-order valence-corrected chi connectivity index (χ0v) is 18.9. The summed E-state index contributed by atoms with van der Waals surface area (Å²) >= 11 is 0. The maximum Gasteiger partial charge on any atom is 0.243 e. The van der Waals surface area contributed by atoms with E-state index in [1.165, 1.54) is 10.5 Å². The van der Waals surface area contributed by atoms with E-state index in [2.05, 4.69) is 31.3 Å². The Labute approximate surface area is 188 Å². The molecule has 2 aliphatic rings. The number of carbonyl (C=O) groups is 2. The summed E-state index contributed by atoms with van der Waals surface area (Å²) in [6, 6.07) is 16.7. The largest absolute Gasteiger partial charge is 0.379 e. The van der Waals surface area contributed by atoms with Crippen molar-refractivity contribution in [1.82, 2.24) is 10.2 Å². The SMILES string of the molecule is CC(C)c1ccc(C(NC(=O)C2CC(F)CN2C(=O)C2(C)COC2)c2ccccc2)cc1. The second-order valence-electron chi connectivity index (χ2n) is 9.53. The monoisotopic (exact) mass is 438 g/mol. The molecule has 2 amide bonds. The van der Waals surface area contributed by atoms with Crippen LogP contribution in [0.2, 0.25) is 0 Å². The first-order chi connectivity index (χ1) is 15.3. The molecule has 2 saturated heterocycles. The van der Waals surface area contributed by atoms with Crippen LogP contribution in [0, 0.1) is 5.41 Å². The maximum atomic E-state index is 14.4. The molecule has 2 heterocycles. The van der Waals surface area contributed by atoms with Crippen LogP contribution in [-0.4, -0.2) is 48.7 Å². The van der Waals surface area contributed by atoms with E-state index in [0.29, 0.717) is 19.1 Å². The van der Waals surface area contributed by atoms with Gasteiger partial charge in [-0.2, -0.15) is 0 Å². The second-order valence-corrected chi connectivity index (χ2v) is 9.53. The van der Waals surface area contributed by atoms with Crippen LogP contribution in [0.25, 0.3) is 0 Å². The van der Waals surface area contributed by atoms with Crippen LogP contribution in [0.4, 0.5) is 4.39 Å². The third-order valence-electron chi connectivity index (χ3n) is 6.53. The summed E-state index contributed by atoms with van der Waals surface area (Å²) < 4.78 is 19.6. The first kappa shape index (κ1) is 22.5. The van der Waals surface area contributed by atoms with E-state index in [4.69, 9.17) is 4.74 Å². The number of amides is 2. The topological polar surface area (TPSA) is 58.6 Å². The third-order valence-corrected chi connectivity index (χ3v) is 6.53. The van der Waals surface area contributed by atoms with Gasteiger partial charge >= 0.3 is 0 Å². The maximum absolute atomic E-state index is 14.4. The van der Waals surface area contributed by atoms with E-state index in [1.54, 1.807) is 0 Å². The van der Waals surface area contributed by atoms with E-state index in [9.17, 15) is 14.0 Å². The van der Waals surface area contributed by atoms with Crippen molar-refractivity contribution in [3.8, 4) is 0 Å². The Morgan fingerprint density at radius 3 is 2.19 bits per heavy atom. The van der Waals surface area contributed by atoms with E-state index in [-0.39, 0.29) is 30.8 Å². The minimum Gasteiger partial charge on any atom is -0.379 e. The van der Waals surface area contributed by atoms with E-state index in [0.717, 1.165) is 11.1 Å². The highest BCUT2D eigenvalue weighted by Crippen LogP contribution is 2.34. The smallest absolute Gasteiger partial charge is 0.243 e. The van der Waals surface area contributed by atoms with Gasteiger partial charge in [-0.3, -0.25) is 9.59 Å². The fraction of sp³-hybridized carbons (Fsp3) is 0.462. The van der Waals surface area contributed by atoms with Crippen LogP contribution in [0.3, 0.4) is 0 Å². The minimum absolute atomic E-state index is 0.0162. The van der Waals surface area contributed by atoms with Crippen molar-refractivity contribution in [2.24, 2.45) is 5.41 Å². The lowest BCUT2D eigenvalue weighted by Gasteiger charge is -2.40. The number of hydrogen-bond donors (Lipinski definition) is 1. The van der Waals surface area contributed by atoms with Gasteiger partial charge in [0.2, 0.25) is 11.8 Å². The lowest BCUT2D eigenvalue weighted by molar-refractivity contribution is -0.171. The molecule has 1 N–H and O–H groups in total. The summed E-state index contributed by atoms with van der Waals surface area (Å²) in [6.45, 7) is 6.65. The van der Waals surface area contributed by atoms with Gasteiger partial charge in [-0.1, -0.05) is 68.4 Å². The van der Waals surface area contributed by atoms with Crippen LogP contribution in [-0.2, 0) is 14.3 Å². The molecule has 3 atom stereocenters. The average Bonchev–Trinajstić information content (AvgIpc) is 3.17. The molecule has 0 radical (unpaired) electrons. The Hall–Kier alpha value is -2.73. The summed E-state index contributed by atoms with van der Waals surface area (Å²) in [6.07, 6.45) is -1.19. The number of benzene rings is 2. The van der Waals surface area contributed by atoms with Crippen LogP contribution >= 0.6 is 0 Å². The van der Waals surface area contributed by atoms with Crippen molar-refractivity contribution in [2.75, 3.05) is 19.8 Å². The van der Waals surface area contributed by atoms with Crippen molar-refractivity contribution in [2.45, 2.75) is 51.4 Å². The summed E-state index contributed by atoms with van der Waals surface area (Å²) in [5.41, 5.74) is 2.43. The molecular formula is C26H31FN2O3. The average molecular weight is 439 g/mol. The Morgan fingerprint density at radius 1 is 1.03 bits per heavy atom. The predicted molar refractivity (Wildman–Crippen MR) is 121 cm³/mol. The normalized spacial score (nSPS) is 23.0. The van der Waals surface area contributed by atoms with Gasteiger partial charge in [-0.25, -0.2) is 4.39 Å². The molecule has 0 bridgehead atoms. The van der Waals surface area contributed by atoms with E-state index in [1.807, 2.05) is 49.4 Å². The van der Waals surface area contributed by atoms with Gasteiger partial charge in [0.25, 0.3) is 0 Å². The number of nitrogens with one attached hydrogen (secondary N) is 1. The number of rotatable bonds is 6. The molecule has 5 nitrogen and oxygen atoms in total. The molecule has 2 aliphatic heterocycles. The summed E-state index contributed by atoms with van der Waals surface area (Å²) in [4.78, 5) is 27.8. The highest BCUT2D eigenvalue weighted by atomic mass is 19.1. The highest BCUT2D eigenvalue weighted by molar-refractivity contribution is 5.91. The molecule has 0 saturated carbocycles. The summed E-state index contributed by atoms with van der Waals surface area (Å²) in [7, 11) is 0. The Morgan fingerprint density at radius 2 is 1.62 bits per heavy atom. The van der Waals surface area contributed by atoms with Crippen molar-refractivity contribution in [3.63, 3.8) is 0 Å². The lowest BCUT2D eigenvalue weighted by Crippen LogP contribution is -2.57. The Kier molecular flexibility index (Phi) is 6.33. The number of ether oxygens (including phenoxy) is 1. The van der Waals surface area contributed by atoms with Gasteiger partial charge < -0.3 is 15.0 Å². The molecule has 2 aromatic carbocycles. The first-order valence-corrected chi connectivity index (χ1v) is 11.3. The fourth-order valence-corrected chi connectivity index (χ4v) is 4.45. The molecule has 0 aromatic heterocycles. The molecule has 4 rings (SSSR count). The second kappa shape index (κ2) is 9.02. The van der Waals surface area contributed by atoms with Gasteiger partial charge in [-0.15, -0.1) is 0 Å². The number of alkyl halides is 1. The lowest BCUT2D eigenvalue weighted by atomic mass is 9.86. The van der Waals surface area contributed by atoms with Gasteiger partial charge in [0.15, 0.2) is 0 Å². The Balaban J connectivity index is 1.58. The molecule has 2 aromatic rings. The number of likely N-dealkylation sites (tertiary alicyclic amines) is 1. The summed E-state index contributed by atoms with van der Waals surface area (Å²) in [5.74, 6) is -0.129. The molecule has 0 spiro atoms. The molecular weight excluding hydrogens is 407 g/mol. The number of halogens is 1. The van der Waals surface area contributed by atoms with Crippen molar-refractivity contribution >= 4 is 11.8 Å². The number of hydrogen-bond acceptors (Lipinski definition) is 3. The zero-order valence-electron chi connectivity index (χ0n) is 18.9. The molecule has 6 heteroatoms. The van der Waals surface area contributed by atoms with Crippen molar-refractivity contribution < 1.29 is 18.7 Å². The molecule has 3 unspecified atom stereocenters. The molecule has 2 fully saturated rings. The van der Waals surface area contributed by atoms with Crippen LogP contribution in [0.15, 0.2) is 54.6 Å². The van der Waals surface area contributed by atoms with Gasteiger partial charge in [0.05, 0.1) is 31.2 Å². The number of nitrogens with zero attached hydrogens (tertiary/aromatic N) is 1. The number of carbonyl (C=O) groups excluding carboxylic acids is 2. The molecule has 170 valence electrons. The zero-order chi connectivity index (χ0) is 22.9. The fourth-order valence-electron chi connectivity index (χ4n) is 4.45. The van der Waals surface area contributed by atoms with E-state index < -0.39 is 17.6 Å². The van der Waals surface area contributed by atoms with Crippen LogP contribution in [0.5, 0.6) is 0 Å².